The van der Waals surface area contributed by atoms with Crippen LogP contribution in [-0.2, 0) is 0 Å². The molecule has 5 heteroatoms. The lowest BCUT2D eigenvalue weighted by Gasteiger charge is -2.05. The monoisotopic (exact) mass is 339 g/mol. The molecule has 78 valence electrons. The summed E-state index contributed by atoms with van der Waals surface area (Å²) >= 11 is 8.14. The van der Waals surface area contributed by atoms with Crippen molar-refractivity contribution < 1.29 is 4.79 Å². The lowest BCUT2D eigenvalue weighted by atomic mass is 10.2. The molecule has 1 aromatic rings. The Balaban J connectivity index is 2.61. The summed E-state index contributed by atoms with van der Waals surface area (Å²) in [5.41, 5.74) is 0. The van der Waals surface area contributed by atoms with Crippen molar-refractivity contribution in [1.82, 2.24) is 5.32 Å². The normalized spacial score (nSPS) is 10.6. The van der Waals surface area contributed by atoms with E-state index in [1.165, 1.54) is 11.3 Å². The molecular formula is C9H11Br2NOS. The summed E-state index contributed by atoms with van der Waals surface area (Å²) in [4.78, 5) is 12.3. The number of hydrogen-bond donors (Lipinski definition) is 1. The minimum absolute atomic E-state index is 0.00454. The summed E-state index contributed by atoms with van der Waals surface area (Å²) in [5.74, 6) is 0.473. The Bertz CT molecular complexity index is 316. The van der Waals surface area contributed by atoms with E-state index in [-0.39, 0.29) is 5.91 Å². The van der Waals surface area contributed by atoms with Crippen molar-refractivity contribution in [3.05, 3.63) is 19.2 Å². The van der Waals surface area contributed by atoms with Gasteiger partial charge in [-0.2, -0.15) is 0 Å². The maximum absolute atomic E-state index is 11.6. The maximum atomic E-state index is 11.6. The summed E-state index contributed by atoms with van der Waals surface area (Å²) in [7, 11) is 0. The van der Waals surface area contributed by atoms with Crippen LogP contribution >= 0.6 is 43.2 Å². The van der Waals surface area contributed by atoms with Crippen molar-refractivity contribution in [2.45, 2.75) is 13.8 Å². The summed E-state index contributed by atoms with van der Waals surface area (Å²) in [6, 6.07) is 1.82. The van der Waals surface area contributed by atoms with Crippen LogP contribution in [0.3, 0.4) is 0 Å². The molecule has 0 fully saturated rings. The minimum Gasteiger partial charge on any atom is -0.351 e. The fourth-order valence-electron chi connectivity index (χ4n) is 0.842. The topological polar surface area (TPSA) is 29.1 Å². The Hall–Kier alpha value is 0.130. The molecule has 1 aromatic heterocycles. The van der Waals surface area contributed by atoms with Crippen LogP contribution in [0.4, 0.5) is 0 Å². The smallest absolute Gasteiger partial charge is 0.261 e. The summed E-state index contributed by atoms with van der Waals surface area (Å²) in [6.45, 7) is 4.85. The molecule has 1 N–H and O–H groups in total. The van der Waals surface area contributed by atoms with Crippen LogP contribution in [0.25, 0.3) is 0 Å². The first kappa shape index (κ1) is 12.2. The standard InChI is InChI=1S/C9H11Br2NOS/c1-5(2)4-12-9(13)7-3-6(10)8(11)14-7/h3,5H,4H2,1-2H3,(H,12,13). The first-order valence-corrected chi connectivity index (χ1v) is 6.64. The van der Waals surface area contributed by atoms with Gasteiger partial charge in [0, 0.05) is 11.0 Å². The van der Waals surface area contributed by atoms with E-state index >= 15 is 0 Å². The largest absolute Gasteiger partial charge is 0.351 e. The van der Waals surface area contributed by atoms with Gasteiger partial charge in [0.05, 0.1) is 8.66 Å². The quantitative estimate of drug-likeness (QED) is 0.893. The van der Waals surface area contributed by atoms with Crippen LogP contribution in [0.1, 0.15) is 23.5 Å². The van der Waals surface area contributed by atoms with E-state index in [9.17, 15) is 4.79 Å². The molecule has 0 bridgehead atoms. The number of nitrogens with one attached hydrogen (secondary N) is 1. The Morgan fingerprint density at radius 2 is 2.21 bits per heavy atom. The van der Waals surface area contributed by atoms with Crippen LogP contribution in [0.15, 0.2) is 14.3 Å². The molecule has 0 atom stereocenters. The summed E-state index contributed by atoms with van der Waals surface area (Å²) in [6.07, 6.45) is 0. The van der Waals surface area contributed by atoms with Gasteiger partial charge in [-0.15, -0.1) is 11.3 Å². The molecule has 1 rings (SSSR count). The van der Waals surface area contributed by atoms with E-state index in [2.05, 4.69) is 51.0 Å². The van der Waals surface area contributed by atoms with E-state index < -0.39 is 0 Å². The van der Waals surface area contributed by atoms with Gasteiger partial charge >= 0.3 is 0 Å². The van der Waals surface area contributed by atoms with Gasteiger partial charge in [0.25, 0.3) is 5.91 Å². The highest BCUT2D eigenvalue weighted by Crippen LogP contribution is 2.32. The molecular weight excluding hydrogens is 330 g/mol. The van der Waals surface area contributed by atoms with Gasteiger partial charge in [-0.05, 0) is 43.8 Å². The number of carbonyl (C=O) groups is 1. The number of rotatable bonds is 3. The summed E-state index contributed by atoms with van der Waals surface area (Å²) in [5, 5.41) is 2.87. The highest BCUT2D eigenvalue weighted by atomic mass is 79.9. The zero-order valence-corrected chi connectivity index (χ0v) is 11.9. The third-order valence-corrected chi connectivity index (χ3v) is 4.79. The second-order valence-corrected chi connectivity index (χ2v) is 6.56. The molecule has 0 spiro atoms. The van der Waals surface area contributed by atoms with Crippen LogP contribution in [-0.4, -0.2) is 12.5 Å². The first-order valence-electron chi connectivity index (χ1n) is 4.23. The minimum atomic E-state index is -0.00454. The molecule has 0 aliphatic carbocycles. The third kappa shape index (κ3) is 3.37. The number of hydrogen-bond acceptors (Lipinski definition) is 2. The molecule has 2 nitrogen and oxygen atoms in total. The second kappa shape index (κ2) is 5.28. The second-order valence-electron chi connectivity index (χ2n) is 3.34. The van der Waals surface area contributed by atoms with Crippen molar-refractivity contribution in [2.75, 3.05) is 6.54 Å². The molecule has 0 radical (unpaired) electrons. The van der Waals surface area contributed by atoms with E-state index in [1.807, 2.05) is 6.07 Å². The van der Waals surface area contributed by atoms with Gasteiger partial charge in [-0.25, -0.2) is 0 Å². The number of amides is 1. The Kier molecular flexibility index (Phi) is 4.60. The highest BCUT2D eigenvalue weighted by molar-refractivity contribution is 9.13. The Labute approximate surface area is 104 Å². The Morgan fingerprint density at radius 1 is 1.57 bits per heavy atom. The van der Waals surface area contributed by atoms with Crippen LogP contribution in [0, 0.1) is 5.92 Å². The number of halogens is 2. The van der Waals surface area contributed by atoms with Crippen LogP contribution in [0.5, 0.6) is 0 Å². The average molecular weight is 341 g/mol. The van der Waals surface area contributed by atoms with Crippen molar-refractivity contribution in [2.24, 2.45) is 5.92 Å². The van der Waals surface area contributed by atoms with Gasteiger partial charge in [-0.3, -0.25) is 4.79 Å². The zero-order valence-electron chi connectivity index (χ0n) is 7.93. The van der Waals surface area contributed by atoms with Crippen LogP contribution in [0.2, 0.25) is 0 Å². The molecule has 14 heavy (non-hydrogen) atoms. The fourth-order valence-corrected chi connectivity index (χ4v) is 2.79. The van der Waals surface area contributed by atoms with Crippen molar-refractivity contribution >= 4 is 49.1 Å². The van der Waals surface area contributed by atoms with Gasteiger partial charge in [0.1, 0.15) is 0 Å². The molecule has 0 aromatic carbocycles. The molecule has 0 aliphatic rings. The first-order chi connectivity index (χ1) is 6.50. The SMILES string of the molecule is CC(C)CNC(=O)c1cc(Br)c(Br)s1. The van der Waals surface area contributed by atoms with Crippen molar-refractivity contribution in [1.29, 1.82) is 0 Å². The fraction of sp³-hybridized carbons (Fsp3) is 0.444. The predicted octanol–water partition coefficient (Wildman–Crippen LogP) is 3.66. The van der Waals surface area contributed by atoms with Gasteiger partial charge < -0.3 is 5.32 Å². The zero-order chi connectivity index (χ0) is 10.7. The maximum Gasteiger partial charge on any atom is 0.261 e. The number of carbonyl (C=O) groups excluding carboxylic acids is 1. The lowest BCUT2D eigenvalue weighted by Crippen LogP contribution is -2.26. The van der Waals surface area contributed by atoms with Gasteiger partial charge in [0.15, 0.2) is 0 Å². The Morgan fingerprint density at radius 3 is 2.64 bits per heavy atom. The molecule has 0 unspecified atom stereocenters. The molecule has 0 aliphatic heterocycles. The highest BCUT2D eigenvalue weighted by Gasteiger charge is 2.11. The van der Waals surface area contributed by atoms with E-state index in [4.69, 9.17) is 0 Å². The van der Waals surface area contributed by atoms with Gasteiger partial charge in [0.2, 0.25) is 0 Å². The molecule has 0 saturated heterocycles. The van der Waals surface area contributed by atoms with Crippen molar-refractivity contribution in [3.63, 3.8) is 0 Å². The molecule has 1 amide bonds. The van der Waals surface area contributed by atoms with E-state index in [1.54, 1.807) is 0 Å². The third-order valence-electron chi connectivity index (χ3n) is 1.54. The lowest BCUT2D eigenvalue weighted by molar-refractivity contribution is 0.0953. The van der Waals surface area contributed by atoms with Crippen molar-refractivity contribution in [3.8, 4) is 0 Å². The average Bonchev–Trinajstić information content (AvgIpc) is 2.43. The van der Waals surface area contributed by atoms with Gasteiger partial charge in [-0.1, -0.05) is 13.8 Å². The van der Waals surface area contributed by atoms with E-state index in [0.29, 0.717) is 12.5 Å². The predicted molar refractivity (Wildman–Crippen MR) is 66.9 cm³/mol. The number of thiophene rings is 1. The van der Waals surface area contributed by atoms with E-state index in [0.717, 1.165) is 13.1 Å². The van der Waals surface area contributed by atoms with Crippen LogP contribution < -0.4 is 5.32 Å². The summed E-state index contributed by atoms with van der Waals surface area (Å²) < 4.78 is 1.88. The molecule has 1 heterocycles. The molecule has 0 saturated carbocycles.